The van der Waals surface area contributed by atoms with Gasteiger partial charge in [0.1, 0.15) is 6.54 Å². The van der Waals surface area contributed by atoms with Crippen molar-refractivity contribution in [3.8, 4) is 0 Å². The summed E-state index contributed by atoms with van der Waals surface area (Å²) in [5.74, 6) is -2.19. The van der Waals surface area contributed by atoms with E-state index in [1.165, 1.54) is 0 Å². The Bertz CT molecular complexity index is 290. The summed E-state index contributed by atoms with van der Waals surface area (Å²) in [4.78, 5) is 34.5. The molecule has 1 heterocycles. The standard InChI is InChI=1S/C9H11NO4/c11-7(12)4-10-8(13)5-2-1-3-6(5)9(10)14/h5-6H,1-4H2,(H,11,12). The number of likely N-dealkylation sites (tertiary alicyclic amines) is 1. The van der Waals surface area contributed by atoms with E-state index in [4.69, 9.17) is 5.11 Å². The van der Waals surface area contributed by atoms with Gasteiger partial charge in [-0.15, -0.1) is 0 Å². The Morgan fingerprint density at radius 1 is 1.29 bits per heavy atom. The molecule has 14 heavy (non-hydrogen) atoms. The zero-order valence-electron chi connectivity index (χ0n) is 7.60. The third-order valence-corrected chi connectivity index (χ3v) is 2.98. The number of nitrogens with zero attached hydrogens (tertiary/aromatic N) is 1. The second-order valence-corrected chi connectivity index (χ2v) is 3.80. The summed E-state index contributed by atoms with van der Waals surface area (Å²) < 4.78 is 0. The van der Waals surface area contributed by atoms with Crippen LogP contribution >= 0.6 is 0 Å². The number of rotatable bonds is 2. The Morgan fingerprint density at radius 3 is 2.21 bits per heavy atom. The second kappa shape index (κ2) is 3.08. The molecule has 0 radical (unpaired) electrons. The first kappa shape index (κ1) is 9.18. The molecule has 2 fully saturated rings. The maximum absolute atomic E-state index is 11.6. The van der Waals surface area contributed by atoms with Crippen molar-refractivity contribution in [2.75, 3.05) is 6.54 Å². The van der Waals surface area contributed by atoms with Crippen LogP contribution in [0.3, 0.4) is 0 Å². The van der Waals surface area contributed by atoms with E-state index in [-0.39, 0.29) is 23.7 Å². The van der Waals surface area contributed by atoms with Crippen LogP contribution in [-0.4, -0.2) is 34.3 Å². The summed E-state index contributed by atoms with van der Waals surface area (Å²) in [6.07, 6.45) is 2.35. The maximum Gasteiger partial charge on any atom is 0.323 e. The van der Waals surface area contributed by atoms with Crippen molar-refractivity contribution >= 4 is 17.8 Å². The Balaban J connectivity index is 2.17. The summed E-state index contributed by atoms with van der Waals surface area (Å²) in [5, 5.41) is 8.53. The van der Waals surface area contributed by atoms with E-state index in [0.29, 0.717) is 0 Å². The number of carboxylic acids is 1. The number of carboxylic acid groups (broad SMARTS) is 1. The molecule has 2 amide bonds. The van der Waals surface area contributed by atoms with Gasteiger partial charge in [-0.1, -0.05) is 6.42 Å². The van der Waals surface area contributed by atoms with Crippen LogP contribution in [0.4, 0.5) is 0 Å². The van der Waals surface area contributed by atoms with Gasteiger partial charge >= 0.3 is 5.97 Å². The van der Waals surface area contributed by atoms with Crippen molar-refractivity contribution in [1.29, 1.82) is 0 Å². The lowest BCUT2D eigenvalue weighted by atomic mass is 10.00. The Hall–Kier alpha value is -1.39. The van der Waals surface area contributed by atoms with Gasteiger partial charge in [-0.2, -0.15) is 0 Å². The summed E-state index contributed by atoms with van der Waals surface area (Å²) >= 11 is 0. The van der Waals surface area contributed by atoms with Crippen molar-refractivity contribution in [3.05, 3.63) is 0 Å². The lowest BCUT2D eigenvalue weighted by Gasteiger charge is -2.12. The van der Waals surface area contributed by atoms with Crippen LogP contribution in [0.2, 0.25) is 0 Å². The monoisotopic (exact) mass is 197 g/mol. The van der Waals surface area contributed by atoms with Gasteiger partial charge in [0.05, 0.1) is 11.8 Å². The molecule has 2 atom stereocenters. The number of imide groups is 1. The van der Waals surface area contributed by atoms with Crippen molar-refractivity contribution in [2.45, 2.75) is 19.3 Å². The molecule has 1 N–H and O–H groups in total. The zero-order chi connectivity index (χ0) is 10.3. The SMILES string of the molecule is O=C(O)CN1C(=O)C2CCCC2C1=O. The lowest BCUT2D eigenvalue weighted by molar-refractivity contribution is -0.149. The van der Waals surface area contributed by atoms with E-state index >= 15 is 0 Å². The minimum absolute atomic E-state index is 0.234. The summed E-state index contributed by atoms with van der Waals surface area (Å²) in [5.41, 5.74) is 0. The predicted molar refractivity (Wildman–Crippen MR) is 45.2 cm³/mol. The van der Waals surface area contributed by atoms with Gasteiger partial charge in [-0.3, -0.25) is 19.3 Å². The normalized spacial score (nSPS) is 31.0. The third-order valence-electron chi connectivity index (χ3n) is 2.98. The minimum atomic E-state index is -1.13. The molecule has 2 aliphatic rings. The number of carbonyl (C=O) groups is 3. The number of aliphatic carboxylic acids is 1. The van der Waals surface area contributed by atoms with Crippen molar-refractivity contribution in [3.63, 3.8) is 0 Å². The van der Waals surface area contributed by atoms with Crippen LogP contribution in [0, 0.1) is 11.8 Å². The highest BCUT2D eigenvalue weighted by Gasteiger charge is 2.49. The number of fused-ring (bicyclic) bond motifs is 1. The largest absolute Gasteiger partial charge is 0.480 e. The van der Waals surface area contributed by atoms with Crippen LogP contribution in [0.25, 0.3) is 0 Å². The smallest absolute Gasteiger partial charge is 0.323 e. The van der Waals surface area contributed by atoms with E-state index in [1.54, 1.807) is 0 Å². The van der Waals surface area contributed by atoms with Gasteiger partial charge in [0.2, 0.25) is 11.8 Å². The number of hydrogen-bond donors (Lipinski definition) is 1. The van der Waals surface area contributed by atoms with E-state index < -0.39 is 12.5 Å². The van der Waals surface area contributed by atoms with Gasteiger partial charge < -0.3 is 5.11 Å². The molecule has 0 spiro atoms. The van der Waals surface area contributed by atoms with Crippen LogP contribution in [0.1, 0.15) is 19.3 Å². The number of hydrogen-bond acceptors (Lipinski definition) is 3. The van der Waals surface area contributed by atoms with E-state index in [0.717, 1.165) is 24.2 Å². The first-order valence-electron chi connectivity index (χ1n) is 4.68. The molecule has 2 unspecified atom stereocenters. The predicted octanol–water partition coefficient (Wildman–Crippen LogP) is -0.144. The van der Waals surface area contributed by atoms with Crippen molar-refractivity contribution in [1.82, 2.24) is 4.90 Å². The van der Waals surface area contributed by atoms with Crippen LogP contribution in [0.5, 0.6) is 0 Å². The molecule has 0 aromatic heterocycles. The topological polar surface area (TPSA) is 74.7 Å². The maximum atomic E-state index is 11.6. The molecule has 1 saturated heterocycles. The molecule has 0 aromatic carbocycles. The Kier molecular flexibility index (Phi) is 2.02. The van der Waals surface area contributed by atoms with Gasteiger partial charge in [0.15, 0.2) is 0 Å². The average Bonchev–Trinajstić information content (AvgIpc) is 2.65. The van der Waals surface area contributed by atoms with Crippen LogP contribution in [-0.2, 0) is 14.4 Å². The summed E-state index contributed by atoms with van der Waals surface area (Å²) in [7, 11) is 0. The molecule has 76 valence electrons. The highest BCUT2D eigenvalue weighted by atomic mass is 16.4. The van der Waals surface area contributed by atoms with Gasteiger partial charge in [0, 0.05) is 0 Å². The first-order valence-corrected chi connectivity index (χ1v) is 4.68. The molecule has 5 heteroatoms. The van der Waals surface area contributed by atoms with Crippen molar-refractivity contribution < 1.29 is 19.5 Å². The quantitative estimate of drug-likeness (QED) is 0.625. The van der Waals surface area contributed by atoms with Gasteiger partial charge in [0.25, 0.3) is 0 Å². The molecule has 1 saturated carbocycles. The van der Waals surface area contributed by atoms with Crippen LogP contribution < -0.4 is 0 Å². The third kappa shape index (κ3) is 1.20. The zero-order valence-corrected chi connectivity index (χ0v) is 7.60. The molecule has 1 aliphatic heterocycles. The molecule has 2 rings (SSSR count). The van der Waals surface area contributed by atoms with E-state index in [9.17, 15) is 14.4 Å². The fraction of sp³-hybridized carbons (Fsp3) is 0.667. The highest BCUT2D eigenvalue weighted by Crippen LogP contribution is 2.39. The summed E-state index contributed by atoms with van der Waals surface area (Å²) in [6, 6.07) is 0. The molecular weight excluding hydrogens is 186 g/mol. The molecule has 0 aromatic rings. The molecular formula is C9H11NO4. The van der Waals surface area contributed by atoms with Gasteiger partial charge in [-0.25, -0.2) is 0 Å². The van der Waals surface area contributed by atoms with Crippen molar-refractivity contribution in [2.24, 2.45) is 11.8 Å². The molecule has 0 bridgehead atoms. The van der Waals surface area contributed by atoms with Crippen LogP contribution in [0.15, 0.2) is 0 Å². The van der Waals surface area contributed by atoms with Gasteiger partial charge in [-0.05, 0) is 12.8 Å². The second-order valence-electron chi connectivity index (χ2n) is 3.80. The lowest BCUT2D eigenvalue weighted by Crippen LogP contribution is -2.36. The molecule has 1 aliphatic carbocycles. The fourth-order valence-corrected chi connectivity index (χ4v) is 2.35. The number of amides is 2. The minimum Gasteiger partial charge on any atom is -0.480 e. The Morgan fingerprint density at radius 2 is 1.79 bits per heavy atom. The first-order chi connectivity index (χ1) is 6.61. The Labute approximate surface area is 80.7 Å². The fourth-order valence-electron chi connectivity index (χ4n) is 2.35. The van der Waals surface area contributed by atoms with E-state index in [2.05, 4.69) is 0 Å². The highest BCUT2D eigenvalue weighted by molar-refractivity contribution is 6.07. The van der Waals surface area contributed by atoms with E-state index in [1.807, 2.05) is 0 Å². The number of carbonyl (C=O) groups excluding carboxylic acids is 2. The molecule has 5 nitrogen and oxygen atoms in total. The average molecular weight is 197 g/mol. The summed E-state index contributed by atoms with van der Waals surface area (Å²) in [6.45, 7) is -0.481.